The van der Waals surface area contributed by atoms with Crippen LogP contribution in [0.5, 0.6) is 5.75 Å². The summed E-state index contributed by atoms with van der Waals surface area (Å²) in [6, 6.07) is 17.4. The number of hydrogen-bond donors (Lipinski definition) is 3. The smallest absolute Gasteiger partial charge is 0.151 e. The van der Waals surface area contributed by atoms with Crippen molar-refractivity contribution in [3.8, 4) is 11.8 Å². The van der Waals surface area contributed by atoms with Gasteiger partial charge in [-0.05, 0) is 29.8 Å². The van der Waals surface area contributed by atoms with Crippen LogP contribution < -0.4 is 21.7 Å². The lowest BCUT2D eigenvalue weighted by Crippen LogP contribution is -2.23. The Morgan fingerprint density at radius 3 is 2.80 bits per heavy atom. The molecule has 3 aromatic rings. The van der Waals surface area contributed by atoms with Crippen molar-refractivity contribution in [2.75, 3.05) is 0 Å². The number of nitrogens with zero attached hydrogens (tertiary/aromatic N) is 2. The van der Waals surface area contributed by atoms with Crippen LogP contribution in [0.1, 0.15) is 11.1 Å². The molecule has 0 aliphatic rings. The lowest BCUT2D eigenvalue weighted by molar-refractivity contribution is 0.307. The third kappa shape index (κ3) is 3.27. The summed E-state index contributed by atoms with van der Waals surface area (Å²) in [6.45, 7) is 0.439. The molecule has 5 N–H and O–H groups in total. The molecule has 3 rings (SSSR count). The number of nitrogens with one attached hydrogen (secondary N) is 1. The van der Waals surface area contributed by atoms with Gasteiger partial charge in [0.25, 0.3) is 0 Å². The summed E-state index contributed by atoms with van der Waals surface area (Å²) in [5.41, 5.74) is 11.6. The Morgan fingerprint density at radius 1 is 1.24 bits per heavy atom. The summed E-state index contributed by atoms with van der Waals surface area (Å²) >= 11 is 0. The highest BCUT2D eigenvalue weighted by atomic mass is 16.5. The maximum Gasteiger partial charge on any atom is 0.151 e. The summed E-state index contributed by atoms with van der Waals surface area (Å²) < 4.78 is 8.00. The Labute approximate surface area is 145 Å². The van der Waals surface area contributed by atoms with Gasteiger partial charge in [0, 0.05) is 29.7 Å². The minimum Gasteiger partial charge on any atom is -0.489 e. The average molecular weight is 333 g/mol. The summed E-state index contributed by atoms with van der Waals surface area (Å²) in [6.07, 6.45) is 2.03. The number of hydrazine groups is 1. The molecule has 0 aliphatic heterocycles. The Balaban J connectivity index is 1.83. The zero-order valence-corrected chi connectivity index (χ0v) is 13.9. The number of ether oxygens (including phenoxy) is 1. The lowest BCUT2D eigenvalue weighted by Gasteiger charge is -2.10. The molecule has 0 fully saturated rings. The lowest BCUT2D eigenvalue weighted by atomic mass is 10.1. The second kappa shape index (κ2) is 6.99. The Hall–Kier alpha value is -3.43. The Bertz CT molecular complexity index is 981. The van der Waals surface area contributed by atoms with Crippen LogP contribution in [-0.2, 0) is 13.7 Å². The molecule has 0 amide bonds. The molecule has 0 aliphatic carbocycles. The van der Waals surface area contributed by atoms with Crippen molar-refractivity contribution in [1.29, 1.82) is 5.26 Å². The molecule has 0 unspecified atom stereocenters. The molecule has 0 bridgehead atoms. The van der Waals surface area contributed by atoms with Crippen molar-refractivity contribution in [3.05, 3.63) is 71.6 Å². The predicted octanol–water partition coefficient (Wildman–Crippen LogP) is 2.37. The van der Waals surface area contributed by atoms with Crippen molar-refractivity contribution < 1.29 is 4.74 Å². The number of benzene rings is 2. The first-order chi connectivity index (χ1) is 12.1. The zero-order chi connectivity index (χ0) is 17.8. The van der Waals surface area contributed by atoms with Crippen LogP contribution in [0.4, 0.5) is 0 Å². The third-order valence-electron chi connectivity index (χ3n) is 4.08. The van der Waals surface area contributed by atoms with Crippen molar-refractivity contribution in [1.82, 2.24) is 9.99 Å². The summed E-state index contributed by atoms with van der Waals surface area (Å²) in [7, 11) is 2.02. The van der Waals surface area contributed by atoms with E-state index < -0.39 is 0 Å². The van der Waals surface area contributed by atoms with E-state index in [1.807, 2.05) is 43.6 Å². The molecule has 0 spiro atoms. The summed E-state index contributed by atoms with van der Waals surface area (Å²) in [5, 5.41) is 10.2. The van der Waals surface area contributed by atoms with Gasteiger partial charge < -0.3 is 20.5 Å². The van der Waals surface area contributed by atoms with Gasteiger partial charge in [0.05, 0.1) is 5.70 Å². The number of fused-ring (bicyclic) bond motifs is 1. The summed E-state index contributed by atoms with van der Waals surface area (Å²) in [5.74, 6) is 5.97. The molecule has 25 heavy (non-hydrogen) atoms. The fourth-order valence-electron chi connectivity index (χ4n) is 2.72. The molecule has 0 saturated heterocycles. The van der Waals surface area contributed by atoms with E-state index in [9.17, 15) is 0 Å². The van der Waals surface area contributed by atoms with E-state index in [-0.39, 0.29) is 11.4 Å². The highest BCUT2D eigenvalue weighted by Gasteiger charge is 2.07. The first-order valence-corrected chi connectivity index (χ1v) is 7.76. The average Bonchev–Trinajstić information content (AvgIpc) is 3.03. The number of rotatable bonds is 5. The van der Waals surface area contributed by atoms with Gasteiger partial charge in [-0.1, -0.05) is 24.3 Å². The Kier molecular flexibility index (Phi) is 4.59. The predicted molar refractivity (Wildman–Crippen MR) is 97.7 cm³/mol. The first kappa shape index (κ1) is 16.4. The zero-order valence-electron chi connectivity index (χ0n) is 13.9. The van der Waals surface area contributed by atoms with Gasteiger partial charge in [0.1, 0.15) is 18.4 Å². The number of allylic oxidation sites excluding steroid dienone is 1. The van der Waals surface area contributed by atoms with Crippen LogP contribution >= 0.6 is 0 Å². The van der Waals surface area contributed by atoms with Gasteiger partial charge in [0.2, 0.25) is 0 Å². The fourth-order valence-corrected chi connectivity index (χ4v) is 2.72. The van der Waals surface area contributed by atoms with Crippen molar-refractivity contribution >= 4 is 16.6 Å². The monoisotopic (exact) mass is 333 g/mol. The molecule has 126 valence electrons. The standard InChI is InChI=1S/C19H19N5O/c1-24-9-8-16-14(5-3-7-18(16)24)12-25-15-6-2-4-13(10-15)19(21)17(11-20)23-22/h2-10,23H,12,21-22H2,1H3/b19-17-. The molecule has 0 saturated carbocycles. The van der Waals surface area contributed by atoms with E-state index in [1.165, 1.54) is 5.39 Å². The minimum atomic E-state index is 0.117. The highest BCUT2D eigenvalue weighted by Crippen LogP contribution is 2.23. The molecule has 0 radical (unpaired) electrons. The van der Waals surface area contributed by atoms with E-state index in [0.29, 0.717) is 17.9 Å². The maximum absolute atomic E-state index is 9.02. The van der Waals surface area contributed by atoms with Crippen LogP contribution in [0, 0.1) is 11.3 Å². The van der Waals surface area contributed by atoms with Crippen LogP contribution in [-0.4, -0.2) is 4.57 Å². The normalized spacial score (nSPS) is 11.7. The number of hydrogen-bond acceptors (Lipinski definition) is 5. The molecule has 1 heterocycles. The number of nitriles is 1. The Morgan fingerprint density at radius 2 is 2.04 bits per heavy atom. The molecular formula is C19H19N5O. The minimum absolute atomic E-state index is 0.117. The van der Waals surface area contributed by atoms with Crippen molar-refractivity contribution in [2.45, 2.75) is 6.61 Å². The topological polar surface area (TPSA) is 102 Å². The fraction of sp³-hybridized carbons (Fsp3) is 0.105. The van der Waals surface area contributed by atoms with Gasteiger partial charge in [-0.15, -0.1) is 0 Å². The molecular weight excluding hydrogens is 314 g/mol. The van der Waals surface area contributed by atoms with Crippen LogP contribution in [0.2, 0.25) is 0 Å². The van der Waals surface area contributed by atoms with Crippen molar-refractivity contribution in [3.63, 3.8) is 0 Å². The van der Waals surface area contributed by atoms with Gasteiger partial charge in [-0.3, -0.25) is 0 Å². The number of aryl methyl sites for hydroxylation is 1. The van der Waals surface area contributed by atoms with E-state index in [0.717, 1.165) is 11.1 Å². The molecule has 2 aromatic carbocycles. The summed E-state index contributed by atoms with van der Waals surface area (Å²) in [4.78, 5) is 0. The van der Waals surface area contributed by atoms with Gasteiger partial charge in [0.15, 0.2) is 5.70 Å². The second-order valence-electron chi connectivity index (χ2n) is 5.64. The van der Waals surface area contributed by atoms with Gasteiger partial charge >= 0.3 is 0 Å². The number of aromatic nitrogens is 1. The third-order valence-corrected chi connectivity index (χ3v) is 4.08. The largest absolute Gasteiger partial charge is 0.489 e. The van der Waals surface area contributed by atoms with Crippen LogP contribution in [0.15, 0.2) is 60.4 Å². The van der Waals surface area contributed by atoms with E-state index in [4.69, 9.17) is 21.6 Å². The molecule has 6 nitrogen and oxygen atoms in total. The SMILES string of the molecule is Cn1ccc2c(COc3cccc(/C(N)=C(\C#N)NN)c3)cccc21. The molecule has 6 heteroatoms. The maximum atomic E-state index is 9.02. The first-order valence-electron chi connectivity index (χ1n) is 7.76. The molecule has 1 aromatic heterocycles. The van der Waals surface area contributed by atoms with E-state index in [2.05, 4.69) is 22.1 Å². The van der Waals surface area contributed by atoms with E-state index in [1.54, 1.807) is 12.1 Å². The van der Waals surface area contributed by atoms with Gasteiger partial charge in [-0.25, -0.2) is 5.84 Å². The van der Waals surface area contributed by atoms with Crippen LogP contribution in [0.3, 0.4) is 0 Å². The number of nitrogens with two attached hydrogens (primary N) is 2. The van der Waals surface area contributed by atoms with Crippen LogP contribution in [0.25, 0.3) is 16.6 Å². The van der Waals surface area contributed by atoms with Crippen molar-refractivity contribution in [2.24, 2.45) is 18.6 Å². The second-order valence-corrected chi connectivity index (χ2v) is 5.64. The van der Waals surface area contributed by atoms with Gasteiger partial charge in [-0.2, -0.15) is 5.26 Å². The highest BCUT2D eigenvalue weighted by molar-refractivity contribution is 5.83. The molecule has 0 atom stereocenters. The quantitative estimate of drug-likeness (QED) is 0.378. The van der Waals surface area contributed by atoms with E-state index >= 15 is 0 Å².